The van der Waals surface area contributed by atoms with E-state index in [4.69, 9.17) is 4.98 Å². The van der Waals surface area contributed by atoms with Gasteiger partial charge in [0.15, 0.2) is 0 Å². The number of aromatic nitrogens is 1. The lowest BCUT2D eigenvalue weighted by molar-refractivity contribution is -0.140. The fourth-order valence-electron chi connectivity index (χ4n) is 2.69. The highest BCUT2D eigenvalue weighted by molar-refractivity contribution is 7.09. The van der Waals surface area contributed by atoms with Crippen molar-refractivity contribution in [3.05, 3.63) is 51.5 Å². The second-order valence-corrected chi connectivity index (χ2v) is 6.02. The van der Waals surface area contributed by atoms with E-state index in [2.05, 4.69) is 34.4 Å². The van der Waals surface area contributed by atoms with E-state index >= 15 is 0 Å². The largest absolute Gasteiger partial charge is 0.469 e. The molecule has 0 saturated heterocycles. The van der Waals surface area contributed by atoms with Gasteiger partial charge in [0.2, 0.25) is 0 Å². The Balaban J connectivity index is 1.65. The van der Waals surface area contributed by atoms with Gasteiger partial charge in [0.05, 0.1) is 24.2 Å². The number of hydrogen-bond donors (Lipinski definition) is 0. The number of benzene rings is 1. The van der Waals surface area contributed by atoms with Crippen LogP contribution in [0.4, 0.5) is 0 Å². The SMILES string of the molecule is COC(=O)CCc1csc(C2Cc3ccccc3C2)n1. The molecule has 0 bridgehead atoms. The Morgan fingerprint density at radius 3 is 2.70 bits per heavy atom. The van der Waals surface area contributed by atoms with Crippen molar-refractivity contribution in [3.8, 4) is 0 Å². The summed E-state index contributed by atoms with van der Waals surface area (Å²) in [6, 6.07) is 8.62. The van der Waals surface area contributed by atoms with Crippen LogP contribution in [0.5, 0.6) is 0 Å². The highest BCUT2D eigenvalue weighted by Crippen LogP contribution is 2.35. The van der Waals surface area contributed by atoms with Crippen molar-refractivity contribution in [1.82, 2.24) is 4.98 Å². The van der Waals surface area contributed by atoms with Crippen LogP contribution in [-0.4, -0.2) is 18.1 Å². The smallest absolute Gasteiger partial charge is 0.305 e. The Morgan fingerprint density at radius 1 is 1.35 bits per heavy atom. The third-order valence-electron chi connectivity index (χ3n) is 3.78. The first-order valence-corrected chi connectivity index (χ1v) is 7.72. The Hall–Kier alpha value is -1.68. The molecule has 0 unspecified atom stereocenters. The Labute approximate surface area is 122 Å². The fourth-order valence-corrected chi connectivity index (χ4v) is 3.65. The predicted octanol–water partition coefficient (Wildman–Crippen LogP) is 3.13. The number of ether oxygens (including phenoxy) is 1. The molecule has 0 spiro atoms. The van der Waals surface area contributed by atoms with Crippen LogP contribution in [-0.2, 0) is 28.8 Å². The quantitative estimate of drug-likeness (QED) is 0.811. The highest BCUT2D eigenvalue weighted by atomic mass is 32.1. The summed E-state index contributed by atoms with van der Waals surface area (Å²) in [5.74, 6) is 0.331. The number of hydrogen-bond acceptors (Lipinski definition) is 4. The Morgan fingerprint density at radius 2 is 2.05 bits per heavy atom. The maximum atomic E-state index is 11.2. The van der Waals surface area contributed by atoms with E-state index in [0.717, 1.165) is 18.5 Å². The van der Waals surface area contributed by atoms with Gasteiger partial charge >= 0.3 is 5.97 Å². The third-order valence-corrected chi connectivity index (χ3v) is 4.84. The molecule has 0 radical (unpaired) electrons. The Kier molecular flexibility index (Phi) is 3.83. The zero-order valence-corrected chi connectivity index (χ0v) is 12.3. The van der Waals surface area contributed by atoms with Crippen molar-refractivity contribution in [3.63, 3.8) is 0 Å². The lowest BCUT2D eigenvalue weighted by Gasteiger charge is -2.03. The van der Waals surface area contributed by atoms with Crippen LogP contribution in [0.1, 0.15) is 34.2 Å². The molecule has 0 atom stereocenters. The molecule has 20 heavy (non-hydrogen) atoms. The van der Waals surface area contributed by atoms with Gasteiger partial charge in [-0.25, -0.2) is 4.98 Å². The average Bonchev–Trinajstić information content (AvgIpc) is 3.10. The second kappa shape index (κ2) is 5.75. The summed E-state index contributed by atoms with van der Waals surface area (Å²) in [6.45, 7) is 0. The summed E-state index contributed by atoms with van der Waals surface area (Å²) in [4.78, 5) is 15.8. The molecule has 4 heteroatoms. The van der Waals surface area contributed by atoms with Crippen molar-refractivity contribution in [2.24, 2.45) is 0 Å². The zero-order chi connectivity index (χ0) is 13.9. The highest BCUT2D eigenvalue weighted by Gasteiger charge is 2.24. The van der Waals surface area contributed by atoms with Crippen LogP contribution < -0.4 is 0 Å². The van der Waals surface area contributed by atoms with Crippen LogP contribution in [0.15, 0.2) is 29.6 Å². The van der Waals surface area contributed by atoms with Gasteiger partial charge in [-0.1, -0.05) is 24.3 Å². The number of methoxy groups -OCH3 is 1. The van der Waals surface area contributed by atoms with E-state index in [-0.39, 0.29) is 5.97 Å². The predicted molar refractivity (Wildman–Crippen MR) is 79.0 cm³/mol. The summed E-state index contributed by atoms with van der Waals surface area (Å²) in [7, 11) is 1.42. The number of carbonyl (C=O) groups excluding carboxylic acids is 1. The molecule has 1 aromatic heterocycles. The number of nitrogens with zero attached hydrogens (tertiary/aromatic N) is 1. The molecule has 3 nitrogen and oxygen atoms in total. The maximum Gasteiger partial charge on any atom is 0.305 e. The second-order valence-electron chi connectivity index (χ2n) is 5.13. The van der Waals surface area contributed by atoms with Gasteiger partial charge < -0.3 is 4.74 Å². The number of esters is 1. The molecule has 0 amide bonds. The van der Waals surface area contributed by atoms with E-state index in [9.17, 15) is 4.79 Å². The summed E-state index contributed by atoms with van der Waals surface area (Å²) >= 11 is 1.71. The minimum atomic E-state index is -0.173. The van der Waals surface area contributed by atoms with Gasteiger partial charge in [-0.2, -0.15) is 0 Å². The number of rotatable bonds is 4. The van der Waals surface area contributed by atoms with E-state index < -0.39 is 0 Å². The van der Waals surface area contributed by atoms with Crippen LogP contribution in [0.2, 0.25) is 0 Å². The molecule has 0 fully saturated rings. The van der Waals surface area contributed by atoms with Gasteiger partial charge in [-0.05, 0) is 24.0 Å². The van der Waals surface area contributed by atoms with Gasteiger partial charge in [0.25, 0.3) is 0 Å². The van der Waals surface area contributed by atoms with E-state index in [1.54, 1.807) is 11.3 Å². The molecule has 2 aromatic rings. The first kappa shape index (κ1) is 13.3. The number of aryl methyl sites for hydroxylation is 1. The standard InChI is InChI=1S/C16H17NO2S/c1-19-15(18)7-6-14-10-20-16(17-14)13-8-11-4-2-3-5-12(11)9-13/h2-5,10,13H,6-9H2,1H3. The van der Waals surface area contributed by atoms with Gasteiger partial charge in [0, 0.05) is 17.7 Å². The molecule has 0 saturated carbocycles. The van der Waals surface area contributed by atoms with Crippen LogP contribution in [0.25, 0.3) is 0 Å². The van der Waals surface area contributed by atoms with Gasteiger partial charge in [-0.3, -0.25) is 4.79 Å². The van der Waals surface area contributed by atoms with Crippen molar-refractivity contribution in [2.75, 3.05) is 7.11 Å². The summed E-state index contributed by atoms with van der Waals surface area (Å²) in [5, 5.41) is 3.27. The van der Waals surface area contributed by atoms with Crippen molar-refractivity contribution < 1.29 is 9.53 Å². The van der Waals surface area contributed by atoms with Crippen LogP contribution in [0, 0.1) is 0 Å². The number of fused-ring (bicyclic) bond motifs is 1. The lowest BCUT2D eigenvalue weighted by atomic mass is 10.1. The van der Waals surface area contributed by atoms with Crippen LogP contribution in [0.3, 0.4) is 0 Å². The molecule has 3 rings (SSSR count). The Bertz CT molecular complexity index is 595. The molecule has 0 aliphatic heterocycles. The van der Waals surface area contributed by atoms with Gasteiger partial charge in [0.1, 0.15) is 0 Å². The molecule has 0 N–H and O–H groups in total. The lowest BCUT2D eigenvalue weighted by Crippen LogP contribution is -2.03. The summed E-state index contributed by atoms with van der Waals surface area (Å²) in [6.07, 6.45) is 3.24. The maximum absolute atomic E-state index is 11.2. The summed E-state index contributed by atoms with van der Waals surface area (Å²) < 4.78 is 4.66. The molecular formula is C16H17NO2S. The summed E-state index contributed by atoms with van der Waals surface area (Å²) in [5.41, 5.74) is 3.90. The number of carbonyl (C=O) groups is 1. The van der Waals surface area contributed by atoms with Crippen LogP contribution >= 0.6 is 11.3 Å². The first-order valence-electron chi connectivity index (χ1n) is 6.84. The zero-order valence-electron chi connectivity index (χ0n) is 11.5. The fraction of sp³-hybridized carbons (Fsp3) is 0.375. The first-order chi connectivity index (χ1) is 9.76. The molecule has 1 aliphatic rings. The molecular weight excluding hydrogens is 270 g/mol. The average molecular weight is 287 g/mol. The number of thiazole rings is 1. The van der Waals surface area contributed by atoms with Gasteiger partial charge in [-0.15, -0.1) is 11.3 Å². The topological polar surface area (TPSA) is 39.2 Å². The minimum Gasteiger partial charge on any atom is -0.469 e. The molecule has 1 heterocycles. The van der Waals surface area contributed by atoms with Crippen molar-refractivity contribution >= 4 is 17.3 Å². The monoisotopic (exact) mass is 287 g/mol. The normalized spacial score (nSPS) is 14.2. The molecule has 104 valence electrons. The van der Waals surface area contributed by atoms with Crippen molar-refractivity contribution in [2.45, 2.75) is 31.6 Å². The van der Waals surface area contributed by atoms with E-state index in [0.29, 0.717) is 18.8 Å². The molecule has 1 aromatic carbocycles. The van der Waals surface area contributed by atoms with E-state index in [1.807, 2.05) is 0 Å². The minimum absolute atomic E-state index is 0.173. The third kappa shape index (κ3) is 2.75. The van der Waals surface area contributed by atoms with E-state index in [1.165, 1.54) is 23.2 Å². The van der Waals surface area contributed by atoms with Crippen molar-refractivity contribution in [1.29, 1.82) is 0 Å². The molecule has 1 aliphatic carbocycles.